The second-order valence-electron chi connectivity index (χ2n) is 6.24. The molecule has 3 heteroatoms. The summed E-state index contributed by atoms with van der Waals surface area (Å²) in [6.07, 6.45) is 6.83. The summed E-state index contributed by atoms with van der Waals surface area (Å²) >= 11 is 0. The van der Waals surface area contributed by atoms with Gasteiger partial charge in [-0.25, -0.2) is 4.39 Å². The predicted molar refractivity (Wildman–Crippen MR) is 89.3 cm³/mol. The summed E-state index contributed by atoms with van der Waals surface area (Å²) in [4.78, 5) is 12.9. The average Bonchev–Trinajstić information content (AvgIpc) is 3.22. The van der Waals surface area contributed by atoms with Gasteiger partial charge in [0.25, 0.3) is 0 Å². The first-order chi connectivity index (χ1) is 11.2. The zero-order chi connectivity index (χ0) is 15.8. The number of aromatic nitrogens is 1. The van der Waals surface area contributed by atoms with E-state index < -0.39 is 0 Å². The lowest BCUT2D eigenvalue weighted by molar-refractivity contribution is 0.104. The maximum Gasteiger partial charge on any atom is 0.195 e. The van der Waals surface area contributed by atoms with Crippen LogP contribution in [0.15, 0.2) is 54.7 Å². The summed E-state index contributed by atoms with van der Waals surface area (Å²) in [5.41, 5.74) is 2.35. The number of hydrogen-bond acceptors (Lipinski definition) is 1. The molecule has 1 aliphatic rings. The first-order valence-corrected chi connectivity index (χ1v) is 8.14. The van der Waals surface area contributed by atoms with Gasteiger partial charge >= 0.3 is 0 Å². The molecule has 1 aliphatic carbocycles. The van der Waals surface area contributed by atoms with Crippen LogP contribution < -0.4 is 0 Å². The minimum atomic E-state index is -0.324. The van der Waals surface area contributed by atoms with Crippen LogP contribution in [0.5, 0.6) is 0 Å². The fourth-order valence-electron chi connectivity index (χ4n) is 3.63. The number of hydrogen-bond donors (Lipinski definition) is 0. The Balaban J connectivity index is 1.83. The third-order valence-corrected chi connectivity index (χ3v) is 4.81. The highest BCUT2D eigenvalue weighted by atomic mass is 19.1. The van der Waals surface area contributed by atoms with Gasteiger partial charge in [0.15, 0.2) is 5.78 Å². The molecule has 0 unspecified atom stereocenters. The number of carbonyl (C=O) groups is 1. The Bertz CT molecular complexity index is 857. The molecular formula is C20H18FNO. The first-order valence-electron chi connectivity index (χ1n) is 8.14. The third-order valence-electron chi connectivity index (χ3n) is 4.81. The van der Waals surface area contributed by atoms with Crippen LogP contribution in [-0.2, 0) is 0 Å². The highest BCUT2D eigenvalue weighted by Gasteiger charge is 2.22. The van der Waals surface area contributed by atoms with E-state index in [1.54, 1.807) is 12.1 Å². The van der Waals surface area contributed by atoms with E-state index in [1.165, 1.54) is 37.8 Å². The number of ketones is 1. The van der Waals surface area contributed by atoms with Crippen molar-refractivity contribution in [2.24, 2.45) is 0 Å². The minimum Gasteiger partial charge on any atom is -0.344 e. The number of carbonyl (C=O) groups excluding carboxylic acids is 1. The molecular weight excluding hydrogens is 289 g/mol. The predicted octanol–water partition coefficient (Wildman–Crippen LogP) is 5.13. The standard InChI is InChI=1S/C20H18FNO/c21-15-11-9-14(10-12-15)20(23)18-13-22(16-5-1-2-6-16)19-8-4-3-7-17(18)19/h3-4,7-13,16H,1-2,5-6H2. The number of halogens is 1. The van der Waals surface area contributed by atoms with Gasteiger partial charge in [-0.2, -0.15) is 0 Å². The Hall–Kier alpha value is -2.42. The fraction of sp³-hybridized carbons (Fsp3) is 0.250. The van der Waals surface area contributed by atoms with E-state index in [0.29, 0.717) is 17.2 Å². The van der Waals surface area contributed by atoms with Crippen LogP contribution in [0.2, 0.25) is 0 Å². The molecule has 4 rings (SSSR count). The van der Waals surface area contributed by atoms with Crippen LogP contribution in [0.3, 0.4) is 0 Å². The normalized spacial score (nSPS) is 15.3. The topological polar surface area (TPSA) is 22.0 Å². The number of para-hydroxylation sites is 1. The maximum absolute atomic E-state index is 13.1. The van der Waals surface area contributed by atoms with Crippen molar-refractivity contribution < 1.29 is 9.18 Å². The van der Waals surface area contributed by atoms with Crippen molar-refractivity contribution in [3.63, 3.8) is 0 Å². The third kappa shape index (κ3) is 2.46. The summed E-state index contributed by atoms with van der Waals surface area (Å²) < 4.78 is 15.4. The molecule has 1 aromatic heterocycles. The van der Waals surface area contributed by atoms with Gasteiger partial charge in [0.05, 0.1) is 0 Å². The molecule has 2 aromatic carbocycles. The van der Waals surface area contributed by atoms with Crippen molar-refractivity contribution in [3.05, 3.63) is 71.7 Å². The van der Waals surface area contributed by atoms with E-state index in [4.69, 9.17) is 0 Å². The van der Waals surface area contributed by atoms with Crippen molar-refractivity contribution in [2.45, 2.75) is 31.7 Å². The lowest BCUT2D eigenvalue weighted by Crippen LogP contribution is -2.04. The molecule has 0 aliphatic heterocycles. The highest BCUT2D eigenvalue weighted by Crippen LogP contribution is 2.34. The molecule has 0 bridgehead atoms. The second kappa shape index (κ2) is 5.65. The van der Waals surface area contributed by atoms with Gasteiger partial charge in [-0.3, -0.25) is 4.79 Å². The molecule has 0 atom stereocenters. The van der Waals surface area contributed by atoms with Gasteiger partial charge in [0.2, 0.25) is 0 Å². The largest absolute Gasteiger partial charge is 0.344 e. The summed E-state index contributed by atoms with van der Waals surface area (Å²) in [6.45, 7) is 0. The molecule has 3 aromatic rings. The van der Waals surface area contributed by atoms with Crippen molar-refractivity contribution in [1.82, 2.24) is 4.57 Å². The summed E-state index contributed by atoms with van der Waals surface area (Å²) in [7, 11) is 0. The van der Waals surface area contributed by atoms with E-state index in [9.17, 15) is 9.18 Å². The van der Waals surface area contributed by atoms with E-state index in [0.717, 1.165) is 10.9 Å². The Morgan fingerprint density at radius 3 is 2.43 bits per heavy atom. The van der Waals surface area contributed by atoms with Crippen LogP contribution in [0.4, 0.5) is 4.39 Å². The smallest absolute Gasteiger partial charge is 0.195 e. The number of benzene rings is 2. The zero-order valence-corrected chi connectivity index (χ0v) is 12.8. The van der Waals surface area contributed by atoms with E-state index in [2.05, 4.69) is 10.6 Å². The van der Waals surface area contributed by atoms with Crippen LogP contribution in [0, 0.1) is 5.82 Å². The van der Waals surface area contributed by atoms with Gasteiger partial charge in [-0.15, -0.1) is 0 Å². The van der Waals surface area contributed by atoms with Gasteiger partial charge in [0.1, 0.15) is 5.82 Å². The molecule has 1 saturated carbocycles. The molecule has 0 amide bonds. The van der Waals surface area contributed by atoms with E-state index in [1.807, 2.05) is 24.4 Å². The fourth-order valence-corrected chi connectivity index (χ4v) is 3.63. The molecule has 116 valence electrons. The summed E-state index contributed by atoms with van der Waals surface area (Å²) in [6, 6.07) is 14.3. The zero-order valence-electron chi connectivity index (χ0n) is 12.8. The molecule has 2 nitrogen and oxygen atoms in total. The van der Waals surface area contributed by atoms with E-state index in [-0.39, 0.29) is 11.6 Å². The Morgan fingerprint density at radius 1 is 1.00 bits per heavy atom. The monoisotopic (exact) mass is 307 g/mol. The molecule has 23 heavy (non-hydrogen) atoms. The molecule has 0 saturated heterocycles. The molecule has 0 N–H and O–H groups in total. The van der Waals surface area contributed by atoms with Gasteiger partial charge in [-0.05, 0) is 43.2 Å². The van der Waals surface area contributed by atoms with Crippen LogP contribution >= 0.6 is 0 Å². The molecule has 1 fully saturated rings. The van der Waals surface area contributed by atoms with Crippen LogP contribution in [0.25, 0.3) is 10.9 Å². The number of nitrogens with zero attached hydrogens (tertiary/aromatic N) is 1. The van der Waals surface area contributed by atoms with Gasteiger partial charge in [0, 0.05) is 34.3 Å². The van der Waals surface area contributed by atoms with Crippen molar-refractivity contribution in [2.75, 3.05) is 0 Å². The Labute approximate surface area is 134 Å². The Kier molecular flexibility index (Phi) is 3.49. The average molecular weight is 307 g/mol. The van der Waals surface area contributed by atoms with Crippen LogP contribution in [-0.4, -0.2) is 10.4 Å². The van der Waals surface area contributed by atoms with Crippen LogP contribution in [0.1, 0.15) is 47.6 Å². The SMILES string of the molecule is O=C(c1ccc(F)cc1)c1cn(C2CCCC2)c2ccccc12. The van der Waals surface area contributed by atoms with Gasteiger partial charge < -0.3 is 4.57 Å². The minimum absolute atomic E-state index is 0.0436. The quantitative estimate of drug-likeness (QED) is 0.615. The van der Waals surface area contributed by atoms with E-state index >= 15 is 0 Å². The maximum atomic E-state index is 13.1. The Morgan fingerprint density at radius 2 is 1.70 bits per heavy atom. The number of rotatable bonds is 3. The molecule has 0 radical (unpaired) electrons. The molecule has 0 spiro atoms. The summed E-state index contributed by atoms with van der Waals surface area (Å²) in [5.74, 6) is -0.368. The number of fused-ring (bicyclic) bond motifs is 1. The highest BCUT2D eigenvalue weighted by molar-refractivity contribution is 6.16. The summed E-state index contributed by atoms with van der Waals surface area (Å²) in [5, 5.41) is 0.980. The lowest BCUT2D eigenvalue weighted by Gasteiger charge is -2.12. The molecule has 1 heterocycles. The van der Waals surface area contributed by atoms with Crippen molar-refractivity contribution in [3.8, 4) is 0 Å². The van der Waals surface area contributed by atoms with Gasteiger partial charge in [-0.1, -0.05) is 31.0 Å². The van der Waals surface area contributed by atoms with Crippen molar-refractivity contribution >= 4 is 16.7 Å². The van der Waals surface area contributed by atoms with Crippen molar-refractivity contribution in [1.29, 1.82) is 0 Å². The second-order valence-corrected chi connectivity index (χ2v) is 6.24. The first kappa shape index (κ1) is 14.2. The lowest BCUT2D eigenvalue weighted by atomic mass is 10.0.